The summed E-state index contributed by atoms with van der Waals surface area (Å²) < 4.78 is 12.2. The number of aliphatic hydroxyl groups is 1. The minimum Gasteiger partial charge on any atom is -0.465 e. The van der Waals surface area contributed by atoms with Gasteiger partial charge in [-0.2, -0.15) is 0 Å². The van der Waals surface area contributed by atoms with Crippen molar-refractivity contribution in [3.05, 3.63) is 67.8 Å². The maximum Gasteiger partial charge on any atom is 0.312 e. The third-order valence-corrected chi connectivity index (χ3v) is 8.99. The van der Waals surface area contributed by atoms with Crippen LogP contribution in [0.15, 0.2) is 67.8 Å². The number of carbonyl (C=O) groups is 3. The van der Waals surface area contributed by atoms with Crippen LogP contribution in [0.25, 0.3) is 10.8 Å². The topological polar surface area (TPSA) is 96.4 Å². The highest BCUT2D eigenvalue weighted by atomic mass is 16.6. The monoisotopic (exact) mass is 560 g/mol. The van der Waals surface area contributed by atoms with Crippen LogP contribution < -0.4 is 4.90 Å². The van der Waals surface area contributed by atoms with Gasteiger partial charge in [0.1, 0.15) is 11.6 Å². The van der Waals surface area contributed by atoms with E-state index in [0.29, 0.717) is 31.4 Å². The Balaban J connectivity index is 1.50. The molecule has 0 saturated carbocycles. The third-order valence-electron chi connectivity index (χ3n) is 8.99. The van der Waals surface area contributed by atoms with E-state index in [0.717, 1.165) is 23.6 Å². The van der Waals surface area contributed by atoms with E-state index in [1.807, 2.05) is 55.5 Å². The van der Waals surface area contributed by atoms with Gasteiger partial charge in [-0.25, -0.2) is 0 Å². The van der Waals surface area contributed by atoms with Crippen molar-refractivity contribution in [3.8, 4) is 0 Å². The van der Waals surface area contributed by atoms with Crippen molar-refractivity contribution in [2.24, 2.45) is 11.8 Å². The highest BCUT2D eigenvalue weighted by molar-refractivity contribution is 6.05. The second-order valence-corrected chi connectivity index (χ2v) is 11.3. The van der Waals surface area contributed by atoms with Crippen molar-refractivity contribution < 1.29 is 29.0 Å². The lowest BCUT2D eigenvalue weighted by molar-refractivity contribution is -0.156. The molecule has 2 unspecified atom stereocenters. The normalized spacial score (nSPS) is 27.1. The summed E-state index contributed by atoms with van der Waals surface area (Å²) in [5.41, 5.74) is -0.481. The molecule has 0 aliphatic carbocycles. The molecule has 3 aliphatic rings. The second kappa shape index (κ2) is 12.2. The first kappa shape index (κ1) is 29.0. The van der Waals surface area contributed by atoms with Crippen molar-refractivity contribution in [3.63, 3.8) is 0 Å². The maximum atomic E-state index is 14.6. The number of benzene rings is 2. The van der Waals surface area contributed by atoms with Crippen LogP contribution in [0.1, 0.15) is 45.4 Å². The number of anilines is 1. The first-order valence-electron chi connectivity index (χ1n) is 14.7. The van der Waals surface area contributed by atoms with Gasteiger partial charge in [0.05, 0.1) is 37.2 Å². The predicted molar refractivity (Wildman–Crippen MR) is 157 cm³/mol. The lowest BCUT2D eigenvalue weighted by atomic mass is 9.70. The molecule has 3 saturated heterocycles. The summed E-state index contributed by atoms with van der Waals surface area (Å²) in [6.45, 7) is 9.67. The number of unbranched alkanes of at least 4 members (excludes halogenated alkanes) is 2. The van der Waals surface area contributed by atoms with Crippen LogP contribution in [0.5, 0.6) is 0 Å². The Morgan fingerprint density at radius 1 is 1.20 bits per heavy atom. The fourth-order valence-corrected chi connectivity index (χ4v) is 7.05. The van der Waals surface area contributed by atoms with Crippen LogP contribution in [-0.2, 0) is 23.9 Å². The summed E-state index contributed by atoms with van der Waals surface area (Å²) in [6.07, 6.45) is 6.91. The van der Waals surface area contributed by atoms with Gasteiger partial charge in [0, 0.05) is 12.2 Å². The number of amides is 2. The van der Waals surface area contributed by atoms with Gasteiger partial charge in [0.15, 0.2) is 0 Å². The highest BCUT2D eigenvalue weighted by Crippen LogP contribution is 2.59. The van der Waals surface area contributed by atoms with Crippen molar-refractivity contribution in [2.45, 2.75) is 69.2 Å². The van der Waals surface area contributed by atoms with E-state index < -0.39 is 41.6 Å². The second-order valence-electron chi connectivity index (χ2n) is 11.3. The lowest BCUT2D eigenvalue weighted by Crippen LogP contribution is -2.59. The number of aliphatic hydroxyl groups excluding tert-OH is 1. The Labute approximate surface area is 241 Å². The highest BCUT2D eigenvalue weighted by Gasteiger charge is 2.75. The molecule has 3 fully saturated rings. The molecule has 5 rings (SSSR count). The number of carbonyl (C=O) groups excluding carboxylic acids is 3. The molecule has 6 atom stereocenters. The third kappa shape index (κ3) is 4.97. The zero-order valence-electron chi connectivity index (χ0n) is 23.7. The van der Waals surface area contributed by atoms with Gasteiger partial charge in [0.25, 0.3) is 5.91 Å². The molecule has 3 aliphatic heterocycles. The molecule has 41 heavy (non-hydrogen) atoms. The molecular weight excluding hydrogens is 520 g/mol. The number of nitrogens with zero attached hydrogens (tertiary/aromatic N) is 2. The number of fused-ring (bicyclic) bond motifs is 2. The van der Waals surface area contributed by atoms with Gasteiger partial charge in [-0.1, -0.05) is 49.4 Å². The van der Waals surface area contributed by atoms with E-state index in [1.165, 1.54) is 4.90 Å². The number of rotatable bonds is 13. The van der Waals surface area contributed by atoms with Gasteiger partial charge in [-0.05, 0) is 61.4 Å². The van der Waals surface area contributed by atoms with Crippen molar-refractivity contribution in [2.75, 3.05) is 24.7 Å². The van der Waals surface area contributed by atoms with Crippen molar-refractivity contribution in [1.29, 1.82) is 0 Å². The zero-order valence-corrected chi connectivity index (χ0v) is 23.7. The average Bonchev–Trinajstić information content (AvgIpc) is 3.63. The molecule has 8 nitrogen and oxygen atoms in total. The Kier molecular flexibility index (Phi) is 8.61. The summed E-state index contributed by atoms with van der Waals surface area (Å²) in [6, 6.07) is 12.2. The molecule has 1 spiro atoms. The molecule has 3 heterocycles. The lowest BCUT2D eigenvalue weighted by Gasteiger charge is -2.39. The van der Waals surface area contributed by atoms with Gasteiger partial charge in [0.2, 0.25) is 5.91 Å². The number of ether oxygens (including phenoxy) is 2. The molecule has 2 aromatic rings. The molecule has 2 amide bonds. The van der Waals surface area contributed by atoms with Crippen LogP contribution in [0, 0.1) is 11.8 Å². The van der Waals surface area contributed by atoms with Crippen LogP contribution in [-0.4, -0.2) is 71.3 Å². The van der Waals surface area contributed by atoms with Gasteiger partial charge in [-0.3, -0.25) is 14.4 Å². The van der Waals surface area contributed by atoms with Gasteiger partial charge < -0.3 is 24.4 Å². The number of esters is 1. The van der Waals surface area contributed by atoms with Crippen LogP contribution in [0.4, 0.5) is 5.69 Å². The molecule has 0 aromatic heterocycles. The minimum absolute atomic E-state index is 0.228. The molecule has 2 bridgehead atoms. The smallest absolute Gasteiger partial charge is 0.312 e. The van der Waals surface area contributed by atoms with Crippen LogP contribution in [0.2, 0.25) is 0 Å². The quantitative estimate of drug-likeness (QED) is 0.222. The van der Waals surface area contributed by atoms with E-state index >= 15 is 0 Å². The zero-order chi connectivity index (χ0) is 29.1. The summed E-state index contributed by atoms with van der Waals surface area (Å²) in [5.74, 6) is -2.69. The van der Waals surface area contributed by atoms with E-state index in [-0.39, 0.29) is 31.6 Å². The van der Waals surface area contributed by atoms with Crippen LogP contribution in [0.3, 0.4) is 0 Å². The largest absolute Gasteiger partial charge is 0.465 e. The molecule has 8 heteroatoms. The van der Waals surface area contributed by atoms with Gasteiger partial charge in [-0.15, -0.1) is 13.2 Å². The van der Waals surface area contributed by atoms with E-state index in [2.05, 4.69) is 13.2 Å². The summed E-state index contributed by atoms with van der Waals surface area (Å²) in [4.78, 5) is 45.3. The average molecular weight is 561 g/mol. The Morgan fingerprint density at radius 2 is 1.98 bits per heavy atom. The Morgan fingerprint density at radius 3 is 2.68 bits per heavy atom. The first-order chi connectivity index (χ1) is 19.9. The van der Waals surface area contributed by atoms with E-state index in [9.17, 15) is 19.5 Å². The number of allylic oxidation sites excluding steroid dienone is 1. The van der Waals surface area contributed by atoms with E-state index in [1.54, 1.807) is 11.0 Å². The molecule has 1 N–H and O–H groups in total. The molecule has 2 aromatic carbocycles. The maximum absolute atomic E-state index is 14.6. The summed E-state index contributed by atoms with van der Waals surface area (Å²) >= 11 is 0. The molecule has 0 radical (unpaired) electrons. The Hall–Kier alpha value is -3.49. The first-order valence-corrected chi connectivity index (χ1v) is 14.7. The number of hydrogen-bond acceptors (Lipinski definition) is 6. The standard InChI is InChI=1S/C33H40N2O6/c1-4-7-8-11-19-40-32(39)27-26-16-17-33(41-26)28(27)30(37)35(24(6-3)21-36)29(33)31(38)34(18-5-2)25-15-14-22-12-9-10-13-23(22)20-25/h4-5,9-10,12-15,20,24,26-29,36H,1-2,6-8,11,16-19,21H2,3H3/t24-,26+,27-,28-,29?,33?/m0/s1. The SMILES string of the molecule is C=CCCCCOC(=O)[C@@H]1[C@H]2C(=O)N([C@@H](CC)CO)C(C(=O)N(CC=C)c3ccc4ccccc4c3)C23CC[C@H]1O3. The summed E-state index contributed by atoms with van der Waals surface area (Å²) in [5, 5.41) is 12.3. The predicted octanol–water partition coefficient (Wildman–Crippen LogP) is 4.40. The fraction of sp³-hybridized carbons (Fsp3) is 0.485. The Bertz CT molecular complexity index is 1320. The van der Waals surface area contributed by atoms with Crippen LogP contribution >= 0.6 is 0 Å². The molecular formula is C33H40N2O6. The molecule has 218 valence electrons. The number of likely N-dealkylation sites (tertiary alicyclic amines) is 1. The van der Waals surface area contributed by atoms with Crippen molar-refractivity contribution in [1.82, 2.24) is 4.90 Å². The minimum atomic E-state index is -1.16. The van der Waals surface area contributed by atoms with E-state index in [4.69, 9.17) is 9.47 Å². The number of hydrogen-bond donors (Lipinski definition) is 1. The summed E-state index contributed by atoms with van der Waals surface area (Å²) in [7, 11) is 0. The van der Waals surface area contributed by atoms with Crippen molar-refractivity contribution >= 4 is 34.2 Å². The fourth-order valence-electron chi connectivity index (χ4n) is 7.05. The van der Waals surface area contributed by atoms with Gasteiger partial charge >= 0.3 is 5.97 Å².